The molecule has 1 rings (SSSR count). The van der Waals surface area contributed by atoms with Crippen molar-refractivity contribution in [2.75, 3.05) is 18.0 Å². The van der Waals surface area contributed by atoms with Crippen LogP contribution in [0.25, 0.3) is 0 Å². The molecule has 0 aliphatic heterocycles. The molecule has 0 atom stereocenters. The van der Waals surface area contributed by atoms with Gasteiger partial charge in [-0.05, 0) is 13.3 Å². The Hall–Kier alpha value is -1.10. The predicted molar refractivity (Wildman–Crippen MR) is 65.9 cm³/mol. The number of anilines is 1. The minimum absolute atomic E-state index is 0.237. The lowest BCUT2D eigenvalue weighted by atomic mass is 10.3. The van der Waals surface area contributed by atoms with Crippen LogP contribution in [0.4, 0.5) is 5.13 Å². The maximum Gasteiger partial charge on any atom is 0.185 e. The van der Waals surface area contributed by atoms with Crippen molar-refractivity contribution in [1.82, 2.24) is 4.98 Å². The summed E-state index contributed by atoms with van der Waals surface area (Å²) in [5.74, 6) is 0.237. The minimum atomic E-state index is 0.237. The third-order valence-electron chi connectivity index (χ3n) is 2.21. The molecule has 5 heteroatoms. The molecule has 0 saturated carbocycles. The molecule has 0 bridgehead atoms. The summed E-state index contributed by atoms with van der Waals surface area (Å²) >= 11 is 1.66. The standard InChI is InChI=1S/C10H18N4S/c1-3-8-7-15-10(13-8)14(4-2)6-5-9(11)12/h7H,3-6H2,1-2H3,(H3,11,12). The van der Waals surface area contributed by atoms with Gasteiger partial charge in [0.05, 0.1) is 11.5 Å². The van der Waals surface area contributed by atoms with Crippen LogP contribution in [0.3, 0.4) is 0 Å². The van der Waals surface area contributed by atoms with Gasteiger partial charge in [-0.15, -0.1) is 11.3 Å². The Morgan fingerprint density at radius 2 is 2.33 bits per heavy atom. The first kappa shape index (κ1) is 12.0. The topological polar surface area (TPSA) is 66.0 Å². The van der Waals surface area contributed by atoms with Gasteiger partial charge in [0.25, 0.3) is 0 Å². The molecule has 0 amide bonds. The molecular formula is C10H18N4S. The van der Waals surface area contributed by atoms with Crippen molar-refractivity contribution in [2.45, 2.75) is 26.7 Å². The van der Waals surface area contributed by atoms with E-state index in [0.717, 1.165) is 30.3 Å². The Bertz CT molecular complexity index is 321. The van der Waals surface area contributed by atoms with E-state index in [1.807, 2.05) is 0 Å². The molecule has 0 radical (unpaired) electrons. The van der Waals surface area contributed by atoms with Gasteiger partial charge in [-0.25, -0.2) is 4.98 Å². The summed E-state index contributed by atoms with van der Waals surface area (Å²) in [4.78, 5) is 6.67. The number of hydrogen-bond acceptors (Lipinski definition) is 4. The first-order valence-corrected chi connectivity index (χ1v) is 6.07. The van der Waals surface area contributed by atoms with Gasteiger partial charge < -0.3 is 10.6 Å². The highest BCUT2D eigenvalue weighted by atomic mass is 32.1. The highest BCUT2D eigenvalue weighted by Gasteiger charge is 2.08. The zero-order valence-electron chi connectivity index (χ0n) is 9.29. The third kappa shape index (κ3) is 3.51. The summed E-state index contributed by atoms with van der Waals surface area (Å²) in [6.07, 6.45) is 1.58. The van der Waals surface area contributed by atoms with E-state index in [2.05, 4.69) is 29.1 Å². The first-order valence-electron chi connectivity index (χ1n) is 5.19. The van der Waals surface area contributed by atoms with E-state index in [1.54, 1.807) is 11.3 Å². The molecular weight excluding hydrogens is 208 g/mol. The van der Waals surface area contributed by atoms with Crippen molar-refractivity contribution in [3.8, 4) is 0 Å². The highest BCUT2D eigenvalue weighted by Crippen LogP contribution is 2.20. The van der Waals surface area contributed by atoms with Crippen molar-refractivity contribution in [1.29, 1.82) is 5.41 Å². The number of aryl methyl sites for hydroxylation is 1. The van der Waals surface area contributed by atoms with Crippen molar-refractivity contribution in [2.24, 2.45) is 5.73 Å². The highest BCUT2D eigenvalue weighted by molar-refractivity contribution is 7.13. The lowest BCUT2D eigenvalue weighted by molar-refractivity contribution is 0.822. The normalized spacial score (nSPS) is 10.3. The SMILES string of the molecule is CCc1csc(N(CC)CCC(=N)N)n1. The Balaban J connectivity index is 2.61. The van der Waals surface area contributed by atoms with Crippen LogP contribution in [0.1, 0.15) is 26.0 Å². The van der Waals surface area contributed by atoms with Gasteiger partial charge in [0.15, 0.2) is 5.13 Å². The number of nitrogens with zero attached hydrogens (tertiary/aromatic N) is 2. The van der Waals surface area contributed by atoms with E-state index >= 15 is 0 Å². The van der Waals surface area contributed by atoms with Crippen LogP contribution in [0.15, 0.2) is 5.38 Å². The second-order valence-corrected chi connectivity index (χ2v) is 4.17. The summed E-state index contributed by atoms with van der Waals surface area (Å²) < 4.78 is 0. The Morgan fingerprint density at radius 1 is 1.60 bits per heavy atom. The largest absolute Gasteiger partial charge is 0.388 e. The second-order valence-electron chi connectivity index (χ2n) is 3.33. The van der Waals surface area contributed by atoms with Gasteiger partial charge in [0, 0.05) is 24.9 Å². The Morgan fingerprint density at radius 3 is 2.80 bits per heavy atom. The average molecular weight is 226 g/mol. The zero-order valence-corrected chi connectivity index (χ0v) is 10.1. The molecule has 1 heterocycles. The van der Waals surface area contributed by atoms with Gasteiger partial charge in [-0.2, -0.15) is 0 Å². The number of amidine groups is 1. The van der Waals surface area contributed by atoms with Gasteiger partial charge >= 0.3 is 0 Å². The monoisotopic (exact) mass is 226 g/mol. The van der Waals surface area contributed by atoms with Crippen molar-refractivity contribution >= 4 is 22.3 Å². The molecule has 0 spiro atoms. The summed E-state index contributed by atoms with van der Waals surface area (Å²) in [5, 5.41) is 10.3. The van der Waals surface area contributed by atoms with Crippen LogP contribution in [0, 0.1) is 5.41 Å². The van der Waals surface area contributed by atoms with Crippen LogP contribution in [-0.2, 0) is 6.42 Å². The molecule has 0 aliphatic carbocycles. The van der Waals surface area contributed by atoms with Crippen molar-refractivity contribution in [3.05, 3.63) is 11.1 Å². The summed E-state index contributed by atoms with van der Waals surface area (Å²) in [5.41, 5.74) is 6.48. The number of aromatic nitrogens is 1. The van der Waals surface area contributed by atoms with E-state index < -0.39 is 0 Å². The molecule has 0 aromatic carbocycles. The van der Waals surface area contributed by atoms with Crippen LogP contribution in [0.2, 0.25) is 0 Å². The van der Waals surface area contributed by atoms with E-state index in [1.165, 1.54) is 0 Å². The minimum Gasteiger partial charge on any atom is -0.388 e. The van der Waals surface area contributed by atoms with Crippen molar-refractivity contribution < 1.29 is 0 Å². The van der Waals surface area contributed by atoms with Gasteiger partial charge in [0.2, 0.25) is 0 Å². The van der Waals surface area contributed by atoms with E-state index in [9.17, 15) is 0 Å². The fourth-order valence-corrected chi connectivity index (χ4v) is 2.25. The summed E-state index contributed by atoms with van der Waals surface area (Å²) in [6, 6.07) is 0. The molecule has 0 saturated heterocycles. The van der Waals surface area contributed by atoms with E-state index in [-0.39, 0.29) is 5.84 Å². The molecule has 15 heavy (non-hydrogen) atoms. The third-order valence-corrected chi connectivity index (χ3v) is 3.16. The maximum atomic E-state index is 7.20. The summed E-state index contributed by atoms with van der Waals surface area (Å²) in [6.45, 7) is 5.88. The summed E-state index contributed by atoms with van der Waals surface area (Å²) in [7, 11) is 0. The van der Waals surface area contributed by atoms with Crippen LogP contribution in [-0.4, -0.2) is 23.9 Å². The van der Waals surface area contributed by atoms with Crippen LogP contribution in [0.5, 0.6) is 0 Å². The number of nitrogens with two attached hydrogens (primary N) is 1. The number of hydrogen-bond donors (Lipinski definition) is 2. The predicted octanol–water partition coefficient (Wildman–Crippen LogP) is 1.86. The number of thiazole rings is 1. The Labute approximate surface area is 94.6 Å². The molecule has 3 N–H and O–H groups in total. The second kappa shape index (κ2) is 5.70. The lowest BCUT2D eigenvalue weighted by Crippen LogP contribution is -2.27. The van der Waals surface area contributed by atoms with E-state index in [4.69, 9.17) is 11.1 Å². The molecule has 1 aromatic heterocycles. The molecule has 0 unspecified atom stereocenters. The average Bonchev–Trinajstić information content (AvgIpc) is 2.67. The van der Waals surface area contributed by atoms with Crippen LogP contribution < -0.4 is 10.6 Å². The van der Waals surface area contributed by atoms with E-state index in [0.29, 0.717) is 6.42 Å². The quantitative estimate of drug-likeness (QED) is 0.574. The molecule has 0 fully saturated rings. The molecule has 1 aromatic rings. The fourth-order valence-electron chi connectivity index (χ4n) is 1.25. The first-order chi connectivity index (χ1) is 7.17. The zero-order chi connectivity index (χ0) is 11.3. The Kier molecular flexibility index (Phi) is 4.55. The molecule has 0 aliphatic rings. The maximum absolute atomic E-state index is 7.20. The van der Waals surface area contributed by atoms with Gasteiger partial charge in [-0.1, -0.05) is 6.92 Å². The molecule has 84 valence electrons. The van der Waals surface area contributed by atoms with Crippen molar-refractivity contribution in [3.63, 3.8) is 0 Å². The smallest absolute Gasteiger partial charge is 0.185 e. The number of nitrogens with one attached hydrogen (secondary N) is 1. The molecule has 4 nitrogen and oxygen atoms in total. The van der Waals surface area contributed by atoms with Crippen LogP contribution >= 0.6 is 11.3 Å². The lowest BCUT2D eigenvalue weighted by Gasteiger charge is -2.18. The fraction of sp³-hybridized carbons (Fsp3) is 0.600. The van der Waals surface area contributed by atoms with Gasteiger partial charge in [0.1, 0.15) is 0 Å². The number of rotatable bonds is 6. The van der Waals surface area contributed by atoms with Gasteiger partial charge in [-0.3, -0.25) is 5.41 Å².